The summed E-state index contributed by atoms with van der Waals surface area (Å²) in [5.41, 5.74) is 7.15. The van der Waals surface area contributed by atoms with Gasteiger partial charge in [-0.2, -0.15) is 5.10 Å². The van der Waals surface area contributed by atoms with Crippen LogP contribution < -0.4 is 11.1 Å². The predicted octanol–water partition coefficient (Wildman–Crippen LogP) is 3.38. The maximum atomic E-state index is 5.64. The quantitative estimate of drug-likeness (QED) is 0.790. The highest BCUT2D eigenvalue weighted by molar-refractivity contribution is 9.11. The third-order valence-electron chi connectivity index (χ3n) is 2.17. The summed E-state index contributed by atoms with van der Waals surface area (Å²) in [4.78, 5) is 0.276. The number of rotatable bonds is 3. The molecule has 7 heteroatoms. The van der Waals surface area contributed by atoms with E-state index in [1.807, 2.05) is 18.2 Å². The standard InChI is InChI=1S/C11H8Br2N4S/c12-6-1-2-8(13)9(5-6)16-11-7(10(14)18)3-4-15-17-11/h1-5H,(H2,14,18)(H,16,17). The van der Waals surface area contributed by atoms with Crippen molar-refractivity contribution in [1.82, 2.24) is 10.2 Å². The van der Waals surface area contributed by atoms with Crippen molar-refractivity contribution in [2.75, 3.05) is 5.32 Å². The summed E-state index contributed by atoms with van der Waals surface area (Å²) < 4.78 is 1.86. The van der Waals surface area contributed by atoms with Crippen LogP contribution in [-0.2, 0) is 0 Å². The predicted molar refractivity (Wildman–Crippen MR) is 83.0 cm³/mol. The van der Waals surface area contributed by atoms with Gasteiger partial charge in [0.05, 0.1) is 17.4 Å². The number of aromatic nitrogens is 2. The van der Waals surface area contributed by atoms with Gasteiger partial charge in [0.25, 0.3) is 0 Å². The molecule has 0 atom stereocenters. The van der Waals surface area contributed by atoms with Gasteiger partial charge in [-0.25, -0.2) is 0 Å². The van der Waals surface area contributed by atoms with E-state index >= 15 is 0 Å². The Morgan fingerprint density at radius 3 is 2.78 bits per heavy atom. The normalized spacial score (nSPS) is 10.1. The molecule has 1 heterocycles. The first kappa shape index (κ1) is 13.4. The van der Waals surface area contributed by atoms with Crippen LogP contribution in [0.1, 0.15) is 5.56 Å². The van der Waals surface area contributed by atoms with Gasteiger partial charge in [-0.05, 0) is 40.2 Å². The molecule has 2 rings (SSSR count). The van der Waals surface area contributed by atoms with E-state index in [-0.39, 0.29) is 4.99 Å². The summed E-state index contributed by atoms with van der Waals surface area (Å²) in [6.45, 7) is 0. The fraction of sp³-hybridized carbons (Fsp3) is 0. The van der Waals surface area contributed by atoms with Crippen LogP contribution in [0.3, 0.4) is 0 Å². The number of benzene rings is 1. The van der Waals surface area contributed by atoms with Crippen molar-refractivity contribution in [3.63, 3.8) is 0 Å². The Balaban J connectivity index is 2.40. The van der Waals surface area contributed by atoms with Gasteiger partial charge in [0.15, 0.2) is 5.82 Å². The third-order valence-corrected chi connectivity index (χ3v) is 3.57. The molecule has 0 spiro atoms. The first-order chi connectivity index (χ1) is 8.58. The Hall–Kier alpha value is -1.05. The lowest BCUT2D eigenvalue weighted by Crippen LogP contribution is -2.13. The molecule has 0 unspecified atom stereocenters. The summed E-state index contributed by atoms with van der Waals surface area (Å²) >= 11 is 11.8. The van der Waals surface area contributed by atoms with Crippen molar-refractivity contribution < 1.29 is 0 Å². The summed E-state index contributed by atoms with van der Waals surface area (Å²) in [6.07, 6.45) is 1.55. The molecule has 3 N–H and O–H groups in total. The van der Waals surface area contributed by atoms with Gasteiger partial charge in [-0.3, -0.25) is 0 Å². The molecule has 0 bridgehead atoms. The molecule has 2 aromatic rings. The van der Waals surface area contributed by atoms with Crippen LogP contribution in [0.4, 0.5) is 11.5 Å². The van der Waals surface area contributed by atoms with E-state index in [9.17, 15) is 0 Å². The van der Waals surface area contributed by atoms with E-state index in [0.717, 1.165) is 14.6 Å². The number of anilines is 2. The molecule has 1 aromatic heterocycles. The molecule has 0 aliphatic rings. The SMILES string of the molecule is NC(=S)c1ccnnc1Nc1cc(Br)ccc1Br. The average Bonchev–Trinajstić information content (AvgIpc) is 2.34. The van der Waals surface area contributed by atoms with E-state index in [2.05, 4.69) is 47.4 Å². The van der Waals surface area contributed by atoms with Crippen LogP contribution in [0.2, 0.25) is 0 Å². The van der Waals surface area contributed by atoms with Crippen LogP contribution in [0, 0.1) is 0 Å². The monoisotopic (exact) mass is 386 g/mol. The lowest BCUT2D eigenvalue weighted by molar-refractivity contribution is 1.03. The molecule has 1 aromatic carbocycles. The Morgan fingerprint density at radius 2 is 2.06 bits per heavy atom. The summed E-state index contributed by atoms with van der Waals surface area (Å²) in [6, 6.07) is 7.50. The molecule has 0 radical (unpaired) electrons. The average molecular weight is 388 g/mol. The number of halogens is 2. The van der Waals surface area contributed by atoms with E-state index in [0.29, 0.717) is 11.4 Å². The van der Waals surface area contributed by atoms with E-state index in [1.165, 1.54) is 0 Å². The van der Waals surface area contributed by atoms with Crippen LogP contribution in [0.5, 0.6) is 0 Å². The lowest BCUT2D eigenvalue weighted by atomic mass is 10.2. The fourth-order valence-electron chi connectivity index (χ4n) is 1.34. The molecular weight excluding hydrogens is 380 g/mol. The van der Waals surface area contributed by atoms with Crippen molar-refractivity contribution in [3.05, 3.63) is 45.0 Å². The number of nitrogens with two attached hydrogens (primary N) is 1. The zero-order valence-electron chi connectivity index (χ0n) is 9.02. The molecule has 4 nitrogen and oxygen atoms in total. The van der Waals surface area contributed by atoms with Crippen LogP contribution in [0.15, 0.2) is 39.4 Å². The number of hydrogen-bond donors (Lipinski definition) is 2. The van der Waals surface area contributed by atoms with E-state index in [1.54, 1.807) is 12.3 Å². The fourth-order valence-corrected chi connectivity index (χ4v) is 2.22. The van der Waals surface area contributed by atoms with Gasteiger partial charge in [-0.1, -0.05) is 28.1 Å². The van der Waals surface area contributed by atoms with Crippen LogP contribution in [-0.4, -0.2) is 15.2 Å². The lowest BCUT2D eigenvalue weighted by Gasteiger charge is -2.10. The minimum Gasteiger partial charge on any atom is -0.389 e. The Labute approximate surface area is 126 Å². The number of hydrogen-bond acceptors (Lipinski definition) is 4. The van der Waals surface area contributed by atoms with Crippen molar-refractivity contribution in [2.45, 2.75) is 0 Å². The topological polar surface area (TPSA) is 63.8 Å². The van der Waals surface area contributed by atoms with Crippen molar-refractivity contribution in [3.8, 4) is 0 Å². The zero-order chi connectivity index (χ0) is 13.1. The summed E-state index contributed by atoms with van der Waals surface area (Å²) in [5, 5.41) is 11.0. The second-order valence-corrected chi connectivity index (χ2v) is 5.62. The van der Waals surface area contributed by atoms with Gasteiger partial charge in [0.2, 0.25) is 0 Å². The molecule has 0 aliphatic heterocycles. The second-order valence-electron chi connectivity index (χ2n) is 3.41. The number of thiocarbonyl (C=S) groups is 1. The van der Waals surface area contributed by atoms with Gasteiger partial charge in [0, 0.05) is 8.95 Å². The molecule has 18 heavy (non-hydrogen) atoms. The summed E-state index contributed by atoms with van der Waals surface area (Å²) in [5.74, 6) is 0.531. The van der Waals surface area contributed by atoms with Gasteiger partial charge < -0.3 is 11.1 Å². The molecular formula is C11H8Br2N4S. The Bertz CT molecular complexity index is 603. The molecule has 0 amide bonds. The first-order valence-corrected chi connectivity index (χ1v) is 6.91. The van der Waals surface area contributed by atoms with Crippen molar-refractivity contribution in [1.29, 1.82) is 0 Å². The molecule has 92 valence electrons. The molecule has 0 saturated carbocycles. The van der Waals surface area contributed by atoms with Crippen molar-refractivity contribution >= 4 is 60.6 Å². The van der Waals surface area contributed by atoms with Crippen molar-refractivity contribution in [2.24, 2.45) is 5.73 Å². The van der Waals surface area contributed by atoms with E-state index in [4.69, 9.17) is 18.0 Å². The van der Waals surface area contributed by atoms with Crippen LogP contribution >= 0.6 is 44.1 Å². The smallest absolute Gasteiger partial charge is 0.163 e. The highest BCUT2D eigenvalue weighted by Gasteiger charge is 2.09. The maximum absolute atomic E-state index is 5.64. The first-order valence-electron chi connectivity index (χ1n) is 4.91. The van der Waals surface area contributed by atoms with Gasteiger partial charge >= 0.3 is 0 Å². The molecule has 0 aliphatic carbocycles. The molecule has 0 saturated heterocycles. The highest BCUT2D eigenvalue weighted by atomic mass is 79.9. The summed E-state index contributed by atoms with van der Waals surface area (Å²) in [7, 11) is 0. The highest BCUT2D eigenvalue weighted by Crippen LogP contribution is 2.29. The Kier molecular flexibility index (Phi) is 4.26. The minimum absolute atomic E-state index is 0.276. The van der Waals surface area contributed by atoms with Gasteiger partial charge in [0.1, 0.15) is 4.99 Å². The van der Waals surface area contributed by atoms with Gasteiger partial charge in [-0.15, -0.1) is 5.10 Å². The number of nitrogens with one attached hydrogen (secondary N) is 1. The third kappa shape index (κ3) is 3.04. The number of nitrogens with zero attached hydrogens (tertiary/aromatic N) is 2. The Morgan fingerprint density at radius 1 is 1.28 bits per heavy atom. The van der Waals surface area contributed by atoms with E-state index < -0.39 is 0 Å². The minimum atomic E-state index is 0.276. The maximum Gasteiger partial charge on any atom is 0.163 e. The zero-order valence-corrected chi connectivity index (χ0v) is 13.0. The molecule has 0 fully saturated rings. The second kappa shape index (κ2) is 5.73. The largest absolute Gasteiger partial charge is 0.389 e. The van der Waals surface area contributed by atoms with Crippen LogP contribution in [0.25, 0.3) is 0 Å².